The van der Waals surface area contributed by atoms with E-state index in [1.54, 1.807) is 22.9 Å². The molecular weight excluding hydrogens is 374 g/mol. The molecule has 0 spiro atoms. The summed E-state index contributed by atoms with van der Waals surface area (Å²) in [4.78, 5) is 25.1. The molecule has 1 heterocycles. The fraction of sp³-hybridized carbons (Fsp3) is 0.455. The number of halogens is 1. The van der Waals surface area contributed by atoms with Gasteiger partial charge in [0.05, 0.1) is 12.2 Å². The van der Waals surface area contributed by atoms with Gasteiger partial charge in [-0.3, -0.25) is 9.59 Å². The smallest absolute Gasteiger partial charge is 0.250 e. The number of nitrogens with two attached hydrogens (primary N) is 1. The summed E-state index contributed by atoms with van der Waals surface area (Å²) in [6.07, 6.45) is 6.91. The summed E-state index contributed by atoms with van der Waals surface area (Å²) in [5.41, 5.74) is 7.71. The lowest BCUT2D eigenvalue weighted by molar-refractivity contribution is -0.122. The molecule has 2 atom stereocenters. The number of carbonyl (C=O) groups is 1. The normalized spacial score (nSPS) is 26.6. The Bertz CT molecular complexity index is 912. The van der Waals surface area contributed by atoms with Crippen molar-refractivity contribution in [2.75, 3.05) is 5.32 Å². The number of benzene rings is 1. The molecule has 2 saturated carbocycles. The van der Waals surface area contributed by atoms with Crippen LogP contribution in [0.2, 0.25) is 5.02 Å². The van der Waals surface area contributed by atoms with E-state index >= 15 is 0 Å². The summed E-state index contributed by atoms with van der Waals surface area (Å²) in [6.45, 7) is 0.366. The third kappa shape index (κ3) is 4.01. The second-order valence-corrected chi connectivity index (χ2v) is 8.57. The fourth-order valence-corrected chi connectivity index (χ4v) is 4.98. The second-order valence-electron chi connectivity index (χ2n) is 8.16. The maximum atomic E-state index is 12.9. The Labute approximate surface area is 169 Å². The van der Waals surface area contributed by atoms with Crippen molar-refractivity contribution in [3.63, 3.8) is 0 Å². The summed E-state index contributed by atoms with van der Waals surface area (Å²) in [7, 11) is 0. The van der Waals surface area contributed by atoms with Crippen LogP contribution in [0.3, 0.4) is 0 Å². The van der Waals surface area contributed by atoms with E-state index in [9.17, 15) is 9.59 Å². The van der Waals surface area contributed by atoms with Gasteiger partial charge in [-0.25, -0.2) is 0 Å². The van der Waals surface area contributed by atoms with Crippen molar-refractivity contribution in [2.24, 2.45) is 23.5 Å². The molecule has 2 unspecified atom stereocenters. The van der Waals surface area contributed by atoms with Gasteiger partial charge in [0.15, 0.2) is 0 Å². The van der Waals surface area contributed by atoms with Crippen LogP contribution in [0.15, 0.2) is 47.4 Å². The number of amides is 1. The first-order chi connectivity index (χ1) is 13.5. The van der Waals surface area contributed by atoms with Gasteiger partial charge in [0, 0.05) is 29.2 Å². The number of nitrogens with zero attached hydrogens (tertiary/aromatic N) is 1. The third-order valence-corrected chi connectivity index (χ3v) is 6.70. The van der Waals surface area contributed by atoms with E-state index in [0.717, 1.165) is 31.2 Å². The van der Waals surface area contributed by atoms with Crippen LogP contribution in [0, 0.1) is 17.8 Å². The zero-order valence-electron chi connectivity index (χ0n) is 15.8. The number of pyridine rings is 1. The first-order valence-electron chi connectivity index (χ1n) is 10.0. The van der Waals surface area contributed by atoms with Gasteiger partial charge in [-0.2, -0.15) is 0 Å². The highest BCUT2D eigenvalue weighted by Gasteiger charge is 2.40. The minimum atomic E-state index is -0.129. The van der Waals surface area contributed by atoms with Crippen molar-refractivity contribution in [1.82, 2.24) is 4.57 Å². The third-order valence-electron chi connectivity index (χ3n) is 6.33. The summed E-state index contributed by atoms with van der Waals surface area (Å²) < 4.78 is 1.57. The molecule has 1 aromatic carbocycles. The molecule has 6 heteroatoms. The molecule has 28 heavy (non-hydrogen) atoms. The number of nitrogens with one attached hydrogen (secondary N) is 1. The van der Waals surface area contributed by atoms with Crippen LogP contribution >= 0.6 is 11.6 Å². The molecule has 4 rings (SSSR count). The average Bonchev–Trinajstić information content (AvgIpc) is 2.66. The Morgan fingerprint density at radius 1 is 1.14 bits per heavy atom. The van der Waals surface area contributed by atoms with Crippen molar-refractivity contribution in [2.45, 2.75) is 44.7 Å². The minimum Gasteiger partial charge on any atom is -0.327 e. The molecule has 148 valence electrons. The summed E-state index contributed by atoms with van der Waals surface area (Å²) in [5, 5.41) is 3.63. The maximum Gasteiger partial charge on any atom is 0.250 e. The predicted octanol–water partition coefficient (Wildman–Crippen LogP) is 3.64. The largest absolute Gasteiger partial charge is 0.327 e. The van der Waals surface area contributed by atoms with E-state index in [2.05, 4.69) is 5.32 Å². The highest BCUT2D eigenvalue weighted by molar-refractivity contribution is 6.31. The standard InChI is InChI=1S/C22H26ClN3O2/c23-19-7-2-1-4-16(19)12-26-13-18(8-9-20(26)27)25-22(28)17-10-14-5-3-6-15(11-17)21(14)24/h1-2,4,7-9,13-15,17,21H,3,5-6,10-12,24H2,(H,25,28). The van der Waals surface area contributed by atoms with E-state index < -0.39 is 0 Å². The van der Waals surface area contributed by atoms with Crippen LogP contribution < -0.4 is 16.6 Å². The number of rotatable bonds is 4. The van der Waals surface area contributed by atoms with Crippen molar-refractivity contribution in [3.8, 4) is 0 Å². The number of hydrogen-bond donors (Lipinski definition) is 2. The molecule has 0 radical (unpaired) electrons. The van der Waals surface area contributed by atoms with Gasteiger partial charge < -0.3 is 15.6 Å². The first-order valence-corrected chi connectivity index (χ1v) is 10.4. The Morgan fingerprint density at radius 2 is 1.86 bits per heavy atom. The maximum absolute atomic E-state index is 12.9. The van der Waals surface area contributed by atoms with E-state index in [1.165, 1.54) is 12.5 Å². The lowest BCUT2D eigenvalue weighted by Crippen LogP contribution is -2.48. The highest BCUT2D eigenvalue weighted by Crippen LogP contribution is 2.42. The monoisotopic (exact) mass is 399 g/mol. The minimum absolute atomic E-state index is 0.000883. The highest BCUT2D eigenvalue weighted by atomic mass is 35.5. The summed E-state index contributed by atoms with van der Waals surface area (Å²) in [6, 6.07) is 10.8. The van der Waals surface area contributed by atoms with Crippen molar-refractivity contribution >= 4 is 23.2 Å². The first kappa shape index (κ1) is 19.2. The molecular formula is C22H26ClN3O2. The van der Waals surface area contributed by atoms with Crippen LogP contribution in [-0.4, -0.2) is 16.5 Å². The molecule has 2 fully saturated rings. The molecule has 3 N–H and O–H groups in total. The SMILES string of the molecule is NC1C2CCCC1CC(C(=O)Nc1ccc(=O)n(Cc3ccccc3Cl)c1)C2. The quantitative estimate of drug-likeness (QED) is 0.823. The van der Waals surface area contributed by atoms with Crippen LogP contribution in [0.5, 0.6) is 0 Å². The number of anilines is 1. The Kier molecular flexibility index (Phi) is 5.56. The van der Waals surface area contributed by atoms with Gasteiger partial charge in [-0.1, -0.05) is 36.2 Å². The number of aromatic nitrogens is 1. The van der Waals surface area contributed by atoms with Crippen molar-refractivity contribution in [1.29, 1.82) is 0 Å². The van der Waals surface area contributed by atoms with Crippen molar-refractivity contribution < 1.29 is 4.79 Å². The lowest BCUT2D eigenvalue weighted by atomic mass is 9.65. The fourth-order valence-electron chi connectivity index (χ4n) is 4.79. The average molecular weight is 400 g/mol. The van der Waals surface area contributed by atoms with Crippen LogP contribution in [0.25, 0.3) is 0 Å². The molecule has 1 aromatic heterocycles. The van der Waals surface area contributed by atoms with Gasteiger partial charge in [0.1, 0.15) is 0 Å². The van der Waals surface area contributed by atoms with E-state index in [1.807, 2.05) is 18.2 Å². The van der Waals surface area contributed by atoms with E-state index in [-0.39, 0.29) is 23.4 Å². The van der Waals surface area contributed by atoms with Crippen LogP contribution in [-0.2, 0) is 11.3 Å². The topological polar surface area (TPSA) is 77.1 Å². The summed E-state index contributed by atoms with van der Waals surface area (Å²) >= 11 is 6.22. The second kappa shape index (κ2) is 8.10. The van der Waals surface area contributed by atoms with E-state index in [0.29, 0.717) is 29.1 Å². The Balaban J connectivity index is 1.47. The van der Waals surface area contributed by atoms with Gasteiger partial charge in [0.25, 0.3) is 5.56 Å². The van der Waals surface area contributed by atoms with Gasteiger partial charge in [-0.15, -0.1) is 0 Å². The molecule has 5 nitrogen and oxygen atoms in total. The van der Waals surface area contributed by atoms with Crippen molar-refractivity contribution in [3.05, 3.63) is 63.5 Å². The van der Waals surface area contributed by atoms with Gasteiger partial charge in [0.2, 0.25) is 5.91 Å². The summed E-state index contributed by atoms with van der Waals surface area (Å²) in [5.74, 6) is 0.945. The Morgan fingerprint density at radius 3 is 2.57 bits per heavy atom. The van der Waals surface area contributed by atoms with Gasteiger partial charge >= 0.3 is 0 Å². The Hall–Kier alpha value is -2.11. The number of carbonyl (C=O) groups excluding carboxylic acids is 1. The molecule has 0 saturated heterocycles. The number of fused-ring (bicyclic) bond motifs is 2. The zero-order chi connectivity index (χ0) is 19.7. The lowest BCUT2D eigenvalue weighted by Gasteiger charge is -2.43. The number of hydrogen-bond acceptors (Lipinski definition) is 3. The zero-order valence-corrected chi connectivity index (χ0v) is 16.6. The van der Waals surface area contributed by atoms with E-state index in [4.69, 9.17) is 17.3 Å². The molecule has 0 aliphatic heterocycles. The van der Waals surface area contributed by atoms with Gasteiger partial charge in [-0.05, 0) is 55.2 Å². The molecule has 2 aromatic rings. The molecule has 2 aliphatic rings. The molecule has 1 amide bonds. The van der Waals surface area contributed by atoms with Crippen LogP contribution in [0.4, 0.5) is 5.69 Å². The van der Waals surface area contributed by atoms with Crippen LogP contribution in [0.1, 0.15) is 37.7 Å². The predicted molar refractivity (Wildman–Crippen MR) is 111 cm³/mol. The molecule has 2 aliphatic carbocycles. The molecule has 2 bridgehead atoms.